The molecule has 1 heterocycles. The van der Waals surface area contributed by atoms with Crippen LogP contribution in [0.25, 0.3) is 11.0 Å². The number of nitrogens with two attached hydrogens (primary N) is 1. The van der Waals surface area contributed by atoms with Gasteiger partial charge in [-0.2, -0.15) is 0 Å². The zero-order chi connectivity index (χ0) is 13.1. The third-order valence-corrected chi connectivity index (χ3v) is 2.97. The molecule has 1 aromatic carbocycles. The van der Waals surface area contributed by atoms with Crippen molar-refractivity contribution >= 4 is 28.7 Å². The Bertz CT molecular complexity index is 580. The first-order valence-electron chi connectivity index (χ1n) is 5.56. The molecular weight excluding hydrogens is 254 g/mol. The summed E-state index contributed by atoms with van der Waals surface area (Å²) in [6.45, 7) is 2.71. The Morgan fingerprint density at radius 3 is 3.00 bits per heavy atom. The lowest BCUT2D eigenvalue weighted by Crippen LogP contribution is -2.17. The topological polar surface area (TPSA) is 70.1 Å². The maximum atomic E-state index is 10.6. The number of rotatable bonds is 4. The number of carbonyl (C=O) groups is 1. The zero-order valence-corrected chi connectivity index (χ0v) is 10.8. The predicted octanol–water partition coefficient (Wildman–Crippen LogP) is 2.18. The molecule has 0 fully saturated rings. The lowest BCUT2D eigenvalue weighted by atomic mass is 10.2. The molecule has 0 aliphatic heterocycles. The van der Waals surface area contributed by atoms with Crippen LogP contribution in [0.2, 0.25) is 0 Å². The van der Waals surface area contributed by atoms with Crippen molar-refractivity contribution in [2.75, 3.05) is 6.61 Å². The predicted molar refractivity (Wildman–Crippen MR) is 69.6 cm³/mol. The quantitative estimate of drug-likeness (QED) is 0.863. The van der Waals surface area contributed by atoms with Gasteiger partial charge in [0.2, 0.25) is 0 Å². The van der Waals surface area contributed by atoms with Crippen molar-refractivity contribution in [1.29, 1.82) is 0 Å². The summed E-state index contributed by atoms with van der Waals surface area (Å²) in [5.41, 5.74) is 7.95. The minimum absolute atomic E-state index is 0.207. The maximum absolute atomic E-state index is 10.6. The van der Waals surface area contributed by atoms with Crippen molar-refractivity contribution in [1.82, 2.24) is 9.55 Å². The summed E-state index contributed by atoms with van der Waals surface area (Å²) in [4.78, 5) is 15.0. The molecule has 0 spiro atoms. The van der Waals surface area contributed by atoms with Gasteiger partial charge in [0.05, 0.1) is 23.5 Å². The van der Waals surface area contributed by atoms with E-state index < -0.39 is 6.09 Å². The van der Waals surface area contributed by atoms with Gasteiger partial charge in [-0.15, -0.1) is 11.6 Å². The lowest BCUT2D eigenvalue weighted by Gasteiger charge is -2.08. The summed E-state index contributed by atoms with van der Waals surface area (Å²) >= 11 is 5.88. The number of aromatic nitrogens is 2. The van der Waals surface area contributed by atoms with Crippen LogP contribution < -0.4 is 5.73 Å². The monoisotopic (exact) mass is 267 g/mol. The molecule has 0 aliphatic rings. The molecule has 1 amide bonds. The summed E-state index contributed by atoms with van der Waals surface area (Å²) < 4.78 is 6.71. The molecule has 0 atom stereocenters. The zero-order valence-electron chi connectivity index (χ0n) is 10.0. The first kappa shape index (κ1) is 12.7. The van der Waals surface area contributed by atoms with E-state index >= 15 is 0 Å². The number of hydrogen-bond donors (Lipinski definition) is 1. The number of benzene rings is 1. The van der Waals surface area contributed by atoms with Crippen molar-refractivity contribution in [2.24, 2.45) is 5.73 Å². The van der Waals surface area contributed by atoms with E-state index in [4.69, 9.17) is 22.1 Å². The number of fused-ring (bicyclic) bond motifs is 1. The Balaban J connectivity index is 2.37. The molecule has 2 rings (SSSR count). The molecule has 18 heavy (non-hydrogen) atoms. The normalized spacial score (nSPS) is 10.8. The van der Waals surface area contributed by atoms with Gasteiger partial charge >= 0.3 is 6.09 Å². The third-order valence-electron chi connectivity index (χ3n) is 2.73. The highest BCUT2D eigenvalue weighted by Gasteiger charge is 2.11. The average Bonchev–Trinajstić information content (AvgIpc) is 2.68. The van der Waals surface area contributed by atoms with Crippen molar-refractivity contribution in [3.8, 4) is 0 Å². The number of para-hydroxylation sites is 1. The first-order valence-corrected chi connectivity index (χ1v) is 6.10. The van der Waals surface area contributed by atoms with Crippen LogP contribution in [0.4, 0.5) is 4.79 Å². The van der Waals surface area contributed by atoms with Crippen LogP contribution in [0, 0.1) is 6.92 Å². The van der Waals surface area contributed by atoms with Gasteiger partial charge in [0.1, 0.15) is 12.4 Å². The number of hydrogen-bond acceptors (Lipinski definition) is 3. The third kappa shape index (κ3) is 2.41. The second-order valence-electron chi connectivity index (χ2n) is 3.92. The van der Waals surface area contributed by atoms with Gasteiger partial charge in [0.15, 0.2) is 0 Å². The van der Waals surface area contributed by atoms with E-state index in [2.05, 4.69) is 4.98 Å². The van der Waals surface area contributed by atoms with Crippen molar-refractivity contribution in [2.45, 2.75) is 19.3 Å². The molecule has 0 radical (unpaired) electrons. The fraction of sp³-hybridized carbons (Fsp3) is 0.333. The SMILES string of the molecule is Cc1cccc2nc(CCl)n(CCOC(N)=O)c12. The molecule has 0 bridgehead atoms. The summed E-state index contributed by atoms with van der Waals surface area (Å²) in [7, 11) is 0. The second-order valence-corrected chi connectivity index (χ2v) is 4.19. The van der Waals surface area contributed by atoms with Gasteiger partial charge in [-0.05, 0) is 18.6 Å². The Kier molecular flexibility index (Phi) is 3.72. The van der Waals surface area contributed by atoms with Crippen molar-refractivity contribution < 1.29 is 9.53 Å². The molecule has 1 aromatic heterocycles. The summed E-state index contributed by atoms with van der Waals surface area (Å²) in [5.74, 6) is 1.07. The van der Waals surface area contributed by atoms with Crippen LogP contribution >= 0.6 is 11.6 Å². The highest BCUT2D eigenvalue weighted by molar-refractivity contribution is 6.16. The molecule has 2 aromatic rings. The van der Waals surface area contributed by atoms with E-state index in [-0.39, 0.29) is 6.61 Å². The number of nitrogens with zero attached hydrogens (tertiary/aromatic N) is 2. The van der Waals surface area contributed by atoms with Crippen LogP contribution in [0.5, 0.6) is 0 Å². The highest BCUT2D eigenvalue weighted by Crippen LogP contribution is 2.21. The number of imidazole rings is 1. The van der Waals surface area contributed by atoms with Crippen LogP contribution in [-0.2, 0) is 17.2 Å². The number of carbonyl (C=O) groups excluding carboxylic acids is 1. The Morgan fingerprint density at radius 2 is 2.33 bits per heavy atom. The van der Waals surface area contributed by atoms with Crippen molar-refractivity contribution in [3.05, 3.63) is 29.6 Å². The molecule has 2 N–H and O–H groups in total. The van der Waals surface area contributed by atoms with Gasteiger partial charge in [-0.3, -0.25) is 0 Å². The number of halogens is 1. The lowest BCUT2D eigenvalue weighted by molar-refractivity contribution is 0.152. The maximum Gasteiger partial charge on any atom is 0.404 e. The van der Waals surface area contributed by atoms with Gasteiger partial charge < -0.3 is 15.0 Å². The summed E-state index contributed by atoms with van der Waals surface area (Å²) in [5, 5.41) is 0. The Morgan fingerprint density at radius 1 is 1.56 bits per heavy atom. The second kappa shape index (κ2) is 5.27. The smallest absolute Gasteiger partial charge is 0.404 e. The molecule has 0 saturated heterocycles. The van der Waals surface area contributed by atoms with E-state index in [0.29, 0.717) is 12.4 Å². The number of ether oxygens (including phenoxy) is 1. The van der Waals surface area contributed by atoms with Gasteiger partial charge in [0.25, 0.3) is 0 Å². The highest BCUT2D eigenvalue weighted by atomic mass is 35.5. The minimum Gasteiger partial charge on any atom is -0.448 e. The van der Waals surface area contributed by atoms with Gasteiger partial charge in [0, 0.05) is 0 Å². The standard InChI is InChI=1S/C12H14ClN3O2/c1-8-3-2-4-9-11(8)16(10(7-13)15-9)5-6-18-12(14)17/h2-4H,5-7H2,1H3,(H2,14,17). The largest absolute Gasteiger partial charge is 0.448 e. The first-order chi connectivity index (χ1) is 8.63. The Labute approximate surface area is 109 Å². The fourth-order valence-electron chi connectivity index (χ4n) is 1.99. The number of alkyl halides is 1. The van der Waals surface area contributed by atoms with E-state index in [1.54, 1.807) is 0 Å². The molecule has 5 nitrogen and oxygen atoms in total. The van der Waals surface area contributed by atoms with Gasteiger partial charge in [-0.25, -0.2) is 9.78 Å². The number of primary amides is 1. The average molecular weight is 268 g/mol. The molecule has 0 unspecified atom stereocenters. The summed E-state index contributed by atoms with van der Waals surface area (Å²) in [6.07, 6.45) is -0.774. The molecule has 0 aliphatic carbocycles. The van der Waals surface area contributed by atoms with E-state index in [1.165, 1.54) is 0 Å². The fourth-order valence-corrected chi connectivity index (χ4v) is 2.20. The molecule has 96 valence electrons. The Hall–Kier alpha value is -1.75. The molecule has 6 heteroatoms. The summed E-state index contributed by atoms with van der Waals surface area (Å²) in [6, 6.07) is 5.89. The molecule has 0 saturated carbocycles. The number of amides is 1. The van der Waals surface area contributed by atoms with Crippen LogP contribution in [0.1, 0.15) is 11.4 Å². The van der Waals surface area contributed by atoms with Crippen LogP contribution in [0.15, 0.2) is 18.2 Å². The van der Waals surface area contributed by atoms with E-state index in [1.807, 2.05) is 29.7 Å². The van der Waals surface area contributed by atoms with E-state index in [9.17, 15) is 4.79 Å². The molecular formula is C12H14ClN3O2. The minimum atomic E-state index is -0.774. The van der Waals surface area contributed by atoms with Gasteiger partial charge in [-0.1, -0.05) is 12.1 Å². The van der Waals surface area contributed by atoms with Crippen LogP contribution in [-0.4, -0.2) is 22.3 Å². The van der Waals surface area contributed by atoms with Crippen LogP contribution in [0.3, 0.4) is 0 Å². The van der Waals surface area contributed by atoms with E-state index in [0.717, 1.165) is 22.4 Å². The number of aryl methyl sites for hydroxylation is 1. The van der Waals surface area contributed by atoms with Crippen molar-refractivity contribution in [3.63, 3.8) is 0 Å².